The van der Waals surface area contributed by atoms with Crippen molar-refractivity contribution in [2.75, 3.05) is 0 Å². The van der Waals surface area contributed by atoms with Gasteiger partial charge in [0.2, 0.25) is 0 Å². The Hall–Kier alpha value is 0.246. The average molecular weight is 415 g/mol. The summed E-state index contributed by atoms with van der Waals surface area (Å²) in [4.78, 5) is -0.0356. The largest absolute Gasteiger partial charge is 1.00 e. The van der Waals surface area contributed by atoms with Crippen molar-refractivity contribution in [2.24, 2.45) is 0 Å². The summed E-state index contributed by atoms with van der Waals surface area (Å²) in [6, 6.07) is 9.54. The number of aryl methyl sites for hydroxylation is 2. The number of unbranched alkanes of at least 4 members (excludes halogenated alkanes) is 6. The van der Waals surface area contributed by atoms with Crippen LogP contribution in [0.1, 0.15) is 76.3 Å². The van der Waals surface area contributed by atoms with Gasteiger partial charge < -0.3 is 4.55 Å². The summed E-state index contributed by atoms with van der Waals surface area (Å²) >= 11 is 0. The SMILES string of the molecule is CCCCCCc1cc(S(=O)(=O)[O-])c2c(CCCCCC)cccc2c1.[K+]. The van der Waals surface area contributed by atoms with Crippen LogP contribution in [0.4, 0.5) is 0 Å². The minimum Gasteiger partial charge on any atom is -0.744 e. The monoisotopic (exact) mass is 414 g/mol. The van der Waals surface area contributed by atoms with Crippen molar-refractivity contribution < 1.29 is 64.4 Å². The number of hydrogen-bond acceptors (Lipinski definition) is 3. The molecule has 0 saturated heterocycles. The van der Waals surface area contributed by atoms with E-state index in [-0.39, 0.29) is 56.3 Å². The molecule has 2 rings (SSSR count). The molecule has 0 aliphatic carbocycles. The van der Waals surface area contributed by atoms with Gasteiger partial charge >= 0.3 is 51.4 Å². The van der Waals surface area contributed by atoms with Crippen LogP contribution in [-0.2, 0) is 23.0 Å². The van der Waals surface area contributed by atoms with E-state index in [4.69, 9.17) is 0 Å². The zero-order valence-electron chi connectivity index (χ0n) is 17.1. The van der Waals surface area contributed by atoms with Gasteiger partial charge in [0.25, 0.3) is 0 Å². The van der Waals surface area contributed by atoms with Crippen molar-refractivity contribution in [3.8, 4) is 0 Å². The molecule has 0 amide bonds. The molecule has 3 nitrogen and oxygen atoms in total. The van der Waals surface area contributed by atoms with Gasteiger partial charge in [0.05, 0.1) is 4.90 Å². The molecule has 27 heavy (non-hydrogen) atoms. The van der Waals surface area contributed by atoms with Crippen LogP contribution >= 0.6 is 0 Å². The van der Waals surface area contributed by atoms with E-state index in [1.165, 1.54) is 19.3 Å². The first-order chi connectivity index (χ1) is 12.5. The first kappa shape index (κ1) is 25.3. The van der Waals surface area contributed by atoms with Gasteiger partial charge in [-0.25, -0.2) is 8.42 Å². The molecular formula is C22H31KO3S. The average Bonchev–Trinajstić information content (AvgIpc) is 2.61. The van der Waals surface area contributed by atoms with Crippen molar-refractivity contribution in [1.82, 2.24) is 0 Å². The van der Waals surface area contributed by atoms with Gasteiger partial charge in [0.1, 0.15) is 10.1 Å². The summed E-state index contributed by atoms with van der Waals surface area (Å²) in [6.07, 6.45) is 10.6. The van der Waals surface area contributed by atoms with Crippen molar-refractivity contribution in [1.29, 1.82) is 0 Å². The Labute approximate surface area is 207 Å². The molecule has 0 fully saturated rings. The van der Waals surface area contributed by atoms with E-state index in [1.807, 2.05) is 18.2 Å². The molecule has 5 heteroatoms. The minimum absolute atomic E-state index is 0. The van der Waals surface area contributed by atoms with Crippen LogP contribution in [0.5, 0.6) is 0 Å². The Bertz CT molecular complexity index is 816. The van der Waals surface area contributed by atoms with E-state index < -0.39 is 10.1 Å². The fraction of sp³-hybridized carbons (Fsp3) is 0.545. The molecule has 0 bridgehead atoms. The van der Waals surface area contributed by atoms with E-state index >= 15 is 0 Å². The maximum absolute atomic E-state index is 11.9. The van der Waals surface area contributed by atoms with Crippen LogP contribution in [-0.4, -0.2) is 13.0 Å². The minimum atomic E-state index is -4.49. The molecule has 0 atom stereocenters. The van der Waals surface area contributed by atoms with Gasteiger partial charge in [0.15, 0.2) is 0 Å². The topological polar surface area (TPSA) is 57.2 Å². The molecule has 0 radical (unpaired) electrons. The third-order valence-corrected chi connectivity index (χ3v) is 5.84. The van der Waals surface area contributed by atoms with Gasteiger partial charge in [-0.2, -0.15) is 0 Å². The van der Waals surface area contributed by atoms with Crippen LogP contribution in [0.3, 0.4) is 0 Å². The molecule has 0 heterocycles. The van der Waals surface area contributed by atoms with Crippen molar-refractivity contribution >= 4 is 20.9 Å². The molecule has 144 valence electrons. The molecule has 0 aromatic heterocycles. The molecule has 2 aromatic carbocycles. The maximum atomic E-state index is 11.9. The standard InChI is InChI=1S/C22H32O3S.K/c1-3-5-7-9-12-18-16-20-15-11-14-19(13-10-8-6-4-2)22(20)21(17-18)26(23,24)25;/h11,14-17H,3-10,12-13H2,1-2H3,(H,23,24,25);/q;+1/p-1. The normalized spacial score (nSPS) is 11.5. The Kier molecular flexibility index (Phi) is 11.9. The molecule has 0 N–H and O–H groups in total. The van der Waals surface area contributed by atoms with E-state index in [2.05, 4.69) is 19.9 Å². The summed E-state index contributed by atoms with van der Waals surface area (Å²) < 4.78 is 35.8. The fourth-order valence-electron chi connectivity index (χ4n) is 3.57. The van der Waals surface area contributed by atoms with Gasteiger partial charge in [-0.3, -0.25) is 0 Å². The molecule has 2 aromatic rings. The predicted octanol–water partition coefficient (Wildman–Crippen LogP) is 2.99. The van der Waals surface area contributed by atoms with E-state index in [1.54, 1.807) is 6.07 Å². The zero-order chi connectivity index (χ0) is 19.0. The Morgan fingerprint density at radius 3 is 2.07 bits per heavy atom. The van der Waals surface area contributed by atoms with Crippen molar-refractivity contribution in [2.45, 2.75) is 83.0 Å². The third kappa shape index (κ3) is 7.88. The smallest absolute Gasteiger partial charge is 0.744 e. The Morgan fingerprint density at radius 1 is 0.852 bits per heavy atom. The Balaban J connectivity index is 0.00000364. The molecule has 0 aliphatic heterocycles. The summed E-state index contributed by atoms with van der Waals surface area (Å²) in [6.45, 7) is 4.34. The number of rotatable bonds is 11. The van der Waals surface area contributed by atoms with Gasteiger partial charge in [-0.1, -0.05) is 76.6 Å². The van der Waals surface area contributed by atoms with Crippen LogP contribution in [0.15, 0.2) is 35.2 Å². The Morgan fingerprint density at radius 2 is 1.48 bits per heavy atom. The summed E-state index contributed by atoms with van der Waals surface area (Å²) in [5.41, 5.74) is 1.93. The fourth-order valence-corrected chi connectivity index (χ4v) is 4.37. The summed E-state index contributed by atoms with van der Waals surface area (Å²) in [5.74, 6) is 0. The second-order valence-electron chi connectivity index (χ2n) is 7.18. The molecule has 0 saturated carbocycles. The van der Waals surface area contributed by atoms with E-state index in [0.29, 0.717) is 5.39 Å². The second-order valence-corrected chi connectivity index (χ2v) is 8.53. The van der Waals surface area contributed by atoms with E-state index in [0.717, 1.165) is 61.5 Å². The van der Waals surface area contributed by atoms with Gasteiger partial charge in [-0.05, 0) is 48.3 Å². The van der Waals surface area contributed by atoms with Gasteiger partial charge in [0, 0.05) is 5.39 Å². The third-order valence-electron chi connectivity index (χ3n) is 4.97. The van der Waals surface area contributed by atoms with Crippen molar-refractivity contribution in [3.05, 3.63) is 41.5 Å². The number of fused-ring (bicyclic) bond motifs is 1. The molecule has 0 unspecified atom stereocenters. The molecule has 0 spiro atoms. The van der Waals surface area contributed by atoms with Crippen molar-refractivity contribution in [3.63, 3.8) is 0 Å². The predicted molar refractivity (Wildman–Crippen MR) is 108 cm³/mol. The zero-order valence-corrected chi connectivity index (χ0v) is 21.0. The first-order valence-electron chi connectivity index (χ1n) is 9.97. The molecule has 0 aliphatic rings. The number of benzene rings is 2. The summed E-state index contributed by atoms with van der Waals surface area (Å²) in [5, 5.41) is 1.51. The second kappa shape index (κ2) is 12.7. The quantitative estimate of drug-likeness (QED) is 0.323. The van der Waals surface area contributed by atoms with E-state index in [9.17, 15) is 13.0 Å². The molecular weight excluding hydrogens is 383 g/mol. The van der Waals surface area contributed by atoms with Crippen LogP contribution in [0.25, 0.3) is 10.8 Å². The number of hydrogen-bond donors (Lipinski definition) is 0. The maximum Gasteiger partial charge on any atom is 1.00 e. The first-order valence-corrected chi connectivity index (χ1v) is 11.4. The van der Waals surface area contributed by atoms with Crippen LogP contribution < -0.4 is 51.4 Å². The van der Waals surface area contributed by atoms with Crippen LogP contribution in [0.2, 0.25) is 0 Å². The summed E-state index contributed by atoms with van der Waals surface area (Å²) in [7, 11) is -4.49. The van der Waals surface area contributed by atoms with Crippen LogP contribution in [0, 0.1) is 0 Å². The van der Waals surface area contributed by atoms with Gasteiger partial charge in [-0.15, -0.1) is 0 Å².